The summed E-state index contributed by atoms with van der Waals surface area (Å²) in [6.07, 6.45) is 0. The van der Waals surface area contributed by atoms with Crippen LogP contribution in [0.1, 0.15) is 62.3 Å². The molecule has 24 heavy (non-hydrogen) atoms. The number of hydrogen-bond acceptors (Lipinski definition) is 9. The highest BCUT2D eigenvalue weighted by atomic mass is 17.2. The molecule has 9 heteroatoms. The van der Waals surface area contributed by atoms with E-state index in [1.807, 2.05) is 62.3 Å². The maximum atomic E-state index is 5.23. The zero-order valence-electron chi connectivity index (χ0n) is 15.8. The lowest BCUT2D eigenvalue weighted by atomic mass is 10.2. The largest absolute Gasteiger partial charge is 0.375 e. The molecular weight excluding hydrogens is 318 g/mol. The highest BCUT2D eigenvalue weighted by molar-refractivity contribution is 5.23. The Morgan fingerprint density at radius 3 is 1.42 bits per heavy atom. The Balaban J connectivity index is 2.92. The fourth-order valence-electron chi connectivity index (χ4n) is 0.921. The van der Waals surface area contributed by atoms with Gasteiger partial charge in [-0.15, -0.1) is 4.98 Å². The zero-order valence-corrected chi connectivity index (χ0v) is 15.8. The minimum Gasteiger partial charge on any atom is -0.310 e. The standard InChI is InChI=1S/C15H27N3O6/c1-13(2,3)22-19-10-11(20-23-14(4,5)6)17-18-12(16-10)21-24-15(7,8)9/h1-9H3. The summed E-state index contributed by atoms with van der Waals surface area (Å²) in [6, 6.07) is -0.152. The SMILES string of the molecule is CC(C)(C)OOc1nnc(OOC(C)(C)C)c(OOC(C)(C)C)n1. The number of rotatable bonds is 6. The van der Waals surface area contributed by atoms with E-state index in [0.717, 1.165) is 0 Å². The van der Waals surface area contributed by atoms with E-state index < -0.39 is 16.8 Å². The molecular formula is C15H27N3O6. The first-order chi connectivity index (χ1) is 10.8. The molecule has 0 bridgehead atoms. The van der Waals surface area contributed by atoms with Crippen LogP contribution in [0.25, 0.3) is 0 Å². The summed E-state index contributed by atoms with van der Waals surface area (Å²) in [6.45, 7) is 16.3. The van der Waals surface area contributed by atoms with Crippen molar-refractivity contribution in [3.05, 3.63) is 0 Å². The molecule has 1 aromatic heterocycles. The second-order valence-electron chi connectivity index (χ2n) is 8.04. The predicted octanol–water partition coefficient (Wildman–Crippen LogP) is 3.20. The molecule has 0 saturated heterocycles. The molecule has 0 aliphatic heterocycles. The predicted molar refractivity (Wildman–Crippen MR) is 84.2 cm³/mol. The molecule has 0 amide bonds. The van der Waals surface area contributed by atoms with Gasteiger partial charge in [0.15, 0.2) is 0 Å². The van der Waals surface area contributed by atoms with Crippen LogP contribution >= 0.6 is 0 Å². The lowest BCUT2D eigenvalue weighted by Gasteiger charge is -2.20. The van der Waals surface area contributed by atoms with Crippen molar-refractivity contribution < 1.29 is 29.3 Å². The summed E-state index contributed by atoms with van der Waals surface area (Å²) in [7, 11) is 0. The third kappa shape index (κ3) is 8.80. The Hall–Kier alpha value is -1.71. The van der Waals surface area contributed by atoms with E-state index in [9.17, 15) is 0 Å². The van der Waals surface area contributed by atoms with Gasteiger partial charge in [-0.3, -0.25) is 4.89 Å². The Kier molecular flexibility index (Phi) is 6.32. The normalized spacial score (nSPS) is 12.9. The van der Waals surface area contributed by atoms with Crippen LogP contribution in [0, 0.1) is 0 Å². The Labute approximate surface area is 142 Å². The van der Waals surface area contributed by atoms with Gasteiger partial charge in [-0.2, -0.15) is 14.7 Å². The molecule has 0 aliphatic carbocycles. The maximum Gasteiger partial charge on any atom is 0.375 e. The fraction of sp³-hybridized carbons (Fsp3) is 0.800. The van der Waals surface area contributed by atoms with E-state index in [0.29, 0.717) is 0 Å². The molecule has 1 heterocycles. The molecule has 0 atom stereocenters. The molecule has 0 aromatic carbocycles. The molecule has 0 radical (unpaired) electrons. The van der Waals surface area contributed by atoms with Crippen molar-refractivity contribution >= 4 is 0 Å². The Bertz CT molecular complexity index is 531. The monoisotopic (exact) mass is 345 g/mol. The quantitative estimate of drug-likeness (QED) is 0.569. The van der Waals surface area contributed by atoms with Crippen molar-refractivity contribution in [2.45, 2.75) is 79.1 Å². The van der Waals surface area contributed by atoms with Crippen molar-refractivity contribution in [3.63, 3.8) is 0 Å². The average Bonchev–Trinajstić information content (AvgIpc) is 2.39. The second-order valence-corrected chi connectivity index (χ2v) is 8.04. The van der Waals surface area contributed by atoms with E-state index in [-0.39, 0.29) is 17.8 Å². The number of nitrogens with zero attached hydrogens (tertiary/aromatic N) is 3. The van der Waals surface area contributed by atoms with Gasteiger partial charge < -0.3 is 9.78 Å². The number of aromatic nitrogens is 3. The van der Waals surface area contributed by atoms with Crippen molar-refractivity contribution in [2.75, 3.05) is 0 Å². The van der Waals surface area contributed by atoms with Crippen LogP contribution in [0.5, 0.6) is 17.8 Å². The minimum atomic E-state index is -0.573. The van der Waals surface area contributed by atoms with Crippen LogP contribution in [0.2, 0.25) is 0 Å². The van der Waals surface area contributed by atoms with Crippen LogP contribution in [-0.2, 0) is 14.7 Å². The van der Waals surface area contributed by atoms with Gasteiger partial charge in [0.05, 0.1) is 0 Å². The van der Waals surface area contributed by atoms with Crippen molar-refractivity contribution in [1.82, 2.24) is 15.2 Å². The van der Waals surface area contributed by atoms with Gasteiger partial charge in [0, 0.05) is 0 Å². The molecule has 0 saturated carbocycles. The molecule has 0 spiro atoms. The van der Waals surface area contributed by atoms with E-state index in [1.54, 1.807) is 0 Å². The summed E-state index contributed by atoms with van der Waals surface area (Å²) in [5, 5.41) is 7.55. The van der Waals surface area contributed by atoms with Crippen LogP contribution in [0.3, 0.4) is 0 Å². The topological polar surface area (TPSA) is 94.1 Å². The fourth-order valence-corrected chi connectivity index (χ4v) is 0.921. The lowest BCUT2D eigenvalue weighted by molar-refractivity contribution is -0.299. The summed E-state index contributed by atoms with van der Waals surface area (Å²) >= 11 is 0. The molecule has 9 nitrogen and oxygen atoms in total. The second kappa shape index (κ2) is 7.45. The average molecular weight is 345 g/mol. The third-order valence-electron chi connectivity index (χ3n) is 1.71. The summed E-state index contributed by atoms with van der Waals surface area (Å²) < 4.78 is 0. The van der Waals surface area contributed by atoms with Crippen molar-refractivity contribution in [3.8, 4) is 17.8 Å². The first-order valence-corrected chi connectivity index (χ1v) is 7.57. The van der Waals surface area contributed by atoms with Gasteiger partial charge in [0.1, 0.15) is 16.8 Å². The van der Waals surface area contributed by atoms with Gasteiger partial charge in [-0.1, -0.05) is 10.2 Å². The van der Waals surface area contributed by atoms with Gasteiger partial charge in [-0.25, -0.2) is 0 Å². The smallest absolute Gasteiger partial charge is 0.310 e. The van der Waals surface area contributed by atoms with Crippen LogP contribution in [0.15, 0.2) is 0 Å². The van der Waals surface area contributed by atoms with Crippen LogP contribution < -0.4 is 14.7 Å². The number of hydrogen-bond donors (Lipinski definition) is 0. The molecule has 0 unspecified atom stereocenters. The Morgan fingerprint density at radius 1 is 0.542 bits per heavy atom. The van der Waals surface area contributed by atoms with Crippen molar-refractivity contribution in [1.29, 1.82) is 0 Å². The van der Waals surface area contributed by atoms with E-state index >= 15 is 0 Å². The zero-order chi connectivity index (χ0) is 18.6. The summed E-state index contributed by atoms with van der Waals surface area (Å²) in [4.78, 5) is 34.9. The highest BCUT2D eigenvalue weighted by Crippen LogP contribution is 2.26. The minimum absolute atomic E-state index is 0.0997. The summed E-state index contributed by atoms with van der Waals surface area (Å²) in [5.41, 5.74) is -1.68. The van der Waals surface area contributed by atoms with Crippen LogP contribution in [-0.4, -0.2) is 32.0 Å². The molecule has 0 N–H and O–H groups in total. The van der Waals surface area contributed by atoms with E-state index in [1.165, 1.54) is 0 Å². The molecule has 1 rings (SSSR count). The van der Waals surface area contributed by atoms with Gasteiger partial charge >= 0.3 is 17.8 Å². The first-order valence-electron chi connectivity index (χ1n) is 7.57. The van der Waals surface area contributed by atoms with Gasteiger partial charge in [-0.05, 0) is 62.3 Å². The molecule has 1 aromatic rings. The van der Waals surface area contributed by atoms with Gasteiger partial charge in [0.2, 0.25) is 0 Å². The van der Waals surface area contributed by atoms with Crippen molar-refractivity contribution in [2.24, 2.45) is 0 Å². The molecule has 0 fully saturated rings. The maximum absolute atomic E-state index is 5.23. The van der Waals surface area contributed by atoms with E-state index in [4.69, 9.17) is 29.3 Å². The first kappa shape index (κ1) is 20.3. The molecule has 138 valence electrons. The summed E-state index contributed by atoms with van der Waals surface area (Å²) in [5.74, 6) is -0.200. The van der Waals surface area contributed by atoms with Crippen LogP contribution in [0.4, 0.5) is 0 Å². The molecule has 0 aliphatic rings. The lowest BCUT2D eigenvalue weighted by Crippen LogP contribution is -2.25. The Morgan fingerprint density at radius 2 is 0.958 bits per heavy atom. The van der Waals surface area contributed by atoms with Gasteiger partial charge in [0.25, 0.3) is 0 Å². The third-order valence-corrected chi connectivity index (χ3v) is 1.71. The van der Waals surface area contributed by atoms with E-state index in [2.05, 4.69) is 15.2 Å². The highest BCUT2D eigenvalue weighted by Gasteiger charge is 2.23.